The van der Waals surface area contributed by atoms with Gasteiger partial charge in [0, 0.05) is 24.2 Å². The van der Waals surface area contributed by atoms with Crippen molar-refractivity contribution in [3.8, 4) is 6.07 Å². The molecule has 3 aromatic heterocycles. The molecule has 0 aliphatic heterocycles. The minimum atomic E-state index is 0.591. The number of nitrogens with one attached hydrogen (secondary N) is 1. The highest BCUT2D eigenvalue weighted by atomic mass is 32.2. The summed E-state index contributed by atoms with van der Waals surface area (Å²) in [4.78, 5) is 0. The van der Waals surface area contributed by atoms with Crippen molar-refractivity contribution in [2.75, 3.05) is 5.32 Å². The van der Waals surface area contributed by atoms with E-state index in [0.29, 0.717) is 6.04 Å². The van der Waals surface area contributed by atoms with Crippen molar-refractivity contribution >= 4 is 33.7 Å². The van der Waals surface area contributed by atoms with Gasteiger partial charge in [-0.25, -0.2) is 0 Å². The van der Waals surface area contributed by atoms with Crippen LogP contribution in [0.5, 0.6) is 0 Å². The number of rotatable bonds is 5. The molecule has 0 unspecified atom stereocenters. The second-order valence-electron chi connectivity index (χ2n) is 5.21. The molecule has 1 aliphatic rings. The predicted molar refractivity (Wildman–Crippen MR) is 88.2 cm³/mol. The fourth-order valence-corrected chi connectivity index (χ4v) is 4.08. The molecule has 7 heteroatoms. The zero-order chi connectivity index (χ0) is 14.9. The maximum absolute atomic E-state index is 9.40. The van der Waals surface area contributed by atoms with Gasteiger partial charge in [-0.15, -0.1) is 10.2 Å². The summed E-state index contributed by atoms with van der Waals surface area (Å²) in [6, 6.07) is 8.79. The lowest BCUT2D eigenvalue weighted by molar-refractivity contribution is 0.994. The van der Waals surface area contributed by atoms with Crippen LogP contribution in [-0.2, 0) is 5.75 Å². The number of pyridine rings is 1. The summed E-state index contributed by atoms with van der Waals surface area (Å²) in [5.74, 6) is 0.725. The second kappa shape index (κ2) is 5.63. The molecule has 0 spiro atoms. The lowest BCUT2D eigenvalue weighted by atomic mass is 10.2. The number of nitriles is 1. The molecule has 5 nitrogen and oxygen atoms in total. The fourth-order valence-electron chi connectivity index (χ4n) is 2.28. The van der Waals surface area contributed by atoms with Crippen molar-refractivity contribution in [3.63, 3.8) is 0 Å². The Hall–Kier alpha value is -2.04. The van der Waals surface area contributed by atoms with Crippen LogP contribution in [0.4, 0.5) is 5.13 Å². The zero-order valence-corrected chi connectivity index (χ0v) is 13.3. The van der Waals surface area contributed by atoms with Crippen molar-refractivity contribution in [1.82, 2.24) is 14.6 Å². The van der Waals surface area contributed by atoms with Gasteiger partial charge in [0.25, 0.3) is 0 Å². The van der Waals surface area contributed by atoms with Gasteiger partial charge in [0.05, 0.1) is 11.1 Å². The first-order chi connectivity index (χ1) is 10.8. The van der Waals surface area contributed by atoms with E-state index in [1.165, 1.54) is 12.8 Å². The van der Waals surface area contributed by atoms with E-state index in [1.807, 2.05) is 35.0 Å². The van der Waals surface area contributed by atoms with E-state index in [0.717, 1.165) is 31.9 Å². The minimum Gasteiger partial charge on any atom is -0.357 e. The van der Waals surface area contributed by atoms with Gasteiger partial charge in [-0.2, -0.15) is 5.26 Å². The largest absolute Gasteiger partial charge is 0.357 e. The molecular weight excluding hydrogens is 314 g/mol. The van der Waals surface area contributed by atoms with Crippen molar-refractivity contribution in [2.45, 2.75) is 29.0 Å². The molecule has 1 fully saturated rings. The van der Waals surface area contributed by atoms with Crippen LogP contribution >= 0.6 is 23.1 Å². The topological polar surface area (TPSA) is 66.0 Å². The molecule has 0 atom stereocenters. The average Bonchev–Trinajstić information content (AvgIpc) is 3.11. The molecule has 4 rings (SSSR count). The summed E-state index contributed by atoms with van der Waals surface area (Å²) in [7, 11) is 0. The zero-order valence-electron chi connectivity index (χ0n) is 11.7. The Balaban J connectivity index is 1.51. The number of anilines is 1. The van der Waals surface area contributed by atoms with Crippen LogP contribution in [0.2, 0.25) is 0 Å². The molecular formula is C15H13N5S2. The Labute approximate surface area is 136 Å². The van der Waals surface area contributed by atoms with Crippen molar-refractivity contribution < 1.29 is 0 Å². The third-order valence-electron chi connectivity index (χ3n) is 3.54. The van der Waals surface area contributed by atoms with E-state index in [9.17, 15) is 5.26 Å². The van der Waals surface area contributed by atoms with Crippen LogP contribution in [0.15, 0.2) is 34.9 Å². The summed E-state index contributed by atoms with van der Waals surface area (Å²) < 4.78 is 2.93. The first-order valence-electron chi connectivity index (χ1n) is 7.05. The Morgan fingerprint density at radius 2 is 2.32 bits per heavy atom. The van der Waals surface area contributed by atoms with E-state index in [4.69, 9.17) is 0 Å². The quantitative estimate of drug-likeness (QED) is 0.726. The van der Waals surface area contributed by atoms with E-state index in [-0.39, 0.29) is 0 Å². The molecule has 0 bridgehead atoms. The highest BCUT2D eigenvalue weighted by molar-refractivity contribution is 8.00. The number of fused-ring (bicyclic) bond motifs is 1. The maximum atomic E-state index is 9.40. The standard InChI is InChI=1S/C15H13N5S2/c16-7-12-10(8-20-6-2-1-3-13(12)20)9-21-15-19-18-14(22-15)17-11-4-5-11/h1-3,6,8,11H,4-5,9H2,(H,17,18). The summed E-state index contributed by atoms with van der Waals surface area (Å²) in [5, 5.41) is 22.0. The molecule has 22 heavy (non-hydrogen) atoms. The van der Waals surface area contributed by atoms with Crippen molar-refractivity contribution in [3.05, 3.63) is 41.7 Å². The SMILES string of the molecule is N#Cc1c(CSc2nnc(NC3CC3)s2)cn2ccccc12. The molecule has 0 saturated heterocycles. The number of hydrogen-bond acceptors (Lipinski definition) is 6. The number of hydrogen-bond donors (Lipinski definition) is 1. The van der Waals surface area contributed by atoms with Gasteiger partial charge in [-0.3, -0.25) is 0 Å². The van der Waals surface area contributed by atoms with Gasteiger partial charge >= 0.3 is 0 Å². The lowest BCUT2D eigenvalue weighted by Crippen LogP contribution is -1.99. The molecule has 0 aromatic carbocycles. The van der Waals surface area contributed by atoms with E-state index < -0.39 is 0 Å². The summed E-state index contributed by atoms with van der Waals surface area (Å²) in [6.07, 6.45) is 6.44. The first kappa shape index (κ1) is 13.6. The molecule has 3 aromatic rings. The summed E-state index contributed by atoms with van der Waals surface area (Å²) in [5.41, 5.74) is 2.73. The minimum absolute atomic E-state index is 0.591. The normalized spacial score (nSPS) is 14.1. The maximum Gasteiger partial charge on any atom is 0.206 e. The third kappa shape index (κ3) is 2.67. The van der Waals surface area contributed by atoms with Gasteiger partial charge in [0.15, 0.2) is 4.34 Å². The lowest BCUT2D eigenvalue weighted by Gasteiger charge is -1.96. The van der Waals surface area contributed by atoms with Crippen LogP contribution in [0, 0.1) is 11.3 Å². The Kier molecular flexibility index (Phi) is 3.48. The van der Waals surface area contributed by atoms with Crippen molar-refractivity contribution in [1.29, 1.82) is 5.26 Å². The van der Waals surface area contributed by atoms with Crippen LogP contribution < -0.4 is 5.32 Å². The van der Waals surface area contributed by atoms with Gasteiger partial charge in [-0.05, 0) is 30.5 Å². The van der Waals surface area contributed by atoms with Gasteiger partial charge < -0.3 is 9.72 Å². The Morgan fingerprint density at radius 1 is 1.41 bits per heavy atom. The number of thioether (sulfide) groups is 1. The predicted octanol–water partition coefficient (Wildman–Crippen LogP) is 3.53. The Bertz CT molecular complexity index is 856. The summed E-state index contributed by atoms with van der Waals surface area (Å²) >= 11 is 3.21. The highest BCUT2D eigenvalue weighted by Gasteiger charge is 2.22. The summed E-state index contributed by atoms with van der Waals surface area (Å²) in [6.45, 7) is 0. The van der Waals surface area contributed by atoms with Crippen LogP contribution in [0.3, 0.4) is 0 Å². The van der Waals surface area contributed by atoms with Gasteiger partial charge in [0.1, 0.15) is 6.07 Å². The smallest absolute Gasteiger partial charge is 0.206 e. The van der Waals surface area contributed by atoms with E-state index in [2.05, 4.69) is 21.6 Å². The molecule has 1 N–H and O–H groups in total. The molecule has 0 amide bonds. The van der Waals surface area contributed by atoms with E-state index >= 15 is 0 Å². The molecule has 110 valence electrons. The highest BCUT2D eigenvalue weighted by Crippen LogP contribution is 2.32. The molecule has 1 aliphatic carbocycles. The average molecular weight is 327 g/mol. The monoisotopic (exact) mass is 327 g/mol. The van der Waals surface area contributed by atoms with Crippen LogP contribution in [0.1, 0.15) is 24.0 Å². The Morgan fingerprint density at radius 3 is 3.14 bits per heavy atom. The molecule has 0 radical (unpaired) electrons. The van der Waals surface area contributed by atoms with Crippen molar-refractivity contribution in [2.24, 2.45) is 0 Å². The van der Waals surface area contributed by atoms with Gasteiger partial charge in [-0.1, -0.05) is 29.2 Å². The fraction of sp³-hybridized carbons (Fsp3) is 0.267. The van der Waals surface area contributed by atoms with Crippen LogP contribution in [-0.4, -0.2) is 20.6 Å². The number of nitrogens with zero attached hydrogens (tertiary/aromatic N) is 4. The number of aromatic nitrogens is 3. The van der Waals surface area contributed by atoms with E-state index in [1.54, 1.807) is 23.1 Å². The van der Waals surface area contributed by atoms with Crippen LogP contribution in [0.25, 0.3) is 5.52 Å². The molecule has 3 heterocycles. The molecule has 1 saturated carbocycles. The second-order valence-corrected chi connectivity index (χ2v) is 7.41. The first-order valence-corrected chi connectivity index (χ1v) is 8.85. The van der Waals surface area contributed by atoms with Gasteiger partial charge in [0.2, 0.25) is 5.13 Å². The third-order valence-corrected chi connectivity index (χ3v) is 5.57.